The first kappa shape index (κ1) is 12.1. The van der Waals surface area contributed by atoms with Gasteiger partial charge in [0.15, 0.2) is 0 Å². The smallest absolute Gasteiger partial charge is 0.0832 e. The summed E-state index contributed by atoms with van der Waals surface area (Å²) in [4.78, 5) is 0. The quantitative estimate of drug-likeness (QED) is 0.763. The Morgan fingerprint density at radius 2 is 2.12 bits per heavy atom. The molecule has 0 N–H and O–H groups in total. The van der Waals surface area contributed by atoms with E-state index in [1.165, 1.54) is 5.56 Å². The molecule has 0 saturated heterocycles. The summed E-state index contributed by atoms with van der Waals surface area (Å²) >= 11 is 5.67. The monoisotopic (exact) mass is 249 g/mol. The summed E-state index contributed by atoms with van der Waals surface area (Å²) in [5.74, 6) is 0.665. The second-order valence-corrected chi connectivity index (χ2v) is 4.31. The van der Waals surface area contributed by atoms with Crippen LogP contribution in [0, 0.1) is 0 Å². The van der Waals surface area contributed by atoms with Crippen molar-refractivity contribution in [1.82, 2.24) is 15.0 Å². The van der Waals surface area contributed by atoms with Crippen LogP contribution >= 0.6 is 11.6 Å². The minimum Gasteiger partial charge on any atom is -0.220 e. The molecule has 0 atom stereocenters. The van der Waals surface area contributed by atoms with Crippen LogP contribution in [0.5, 0.6) is 0 Å². The highest BCUT2D eigenvalue weighted by atomic mass is 35.5. The van der Waals surface area contributed by atoms with Gasteiger partial charge in [-0.05, 0) is 30.9 Å². The minimum absolute atomic E-state index is 0.665. The van der Waals surface area contributed by atoms with Crippen molar-refractivity contribution in [3.8, 4) is 5.69 Å². The van der Waals surface area contributed by atoms with E-state index in [4.69, 9.17) is 11.6 Å². The Balaban J connectivity index is 2.24. The van der Waals surface area contributed by atoms with Crippen LogP contribution in [0.2, 0.25) is 0 Å². The lowest BCUT2D eigenvalue weighted by molar-refractivity contribution is 0.784. The summed E-state index contributed by atoms with van der Waals surface area (Å²) in [5, 5.41) is 8.33. The van der Waals surface area contributed by atoms with Crippen LogP contribution in [0.4, 0.5) is 0 Å². The number of hydrogen-bond acceptors (Lipinski definition) is 2. The number of hydrogen-bond donors (Lipinski definition) is 0. The van der Waals surface area contributed by atoms with E-state index in [0.717, 1.165) is 30.6 Å². The standard InChI is InChI=1S/C13H16ClN3/c1-2-11-6-3-4-8-13(11)17-10-12(15-16-17)7-5-9-14/h3-4,6,8,10H,2,5,7,9H2,1H3. The molecule has 0 aliphatic rings. The zero-order valence-corrected chi connectivity index (χ0v) is 10.7. The molecule has 2 rings (SSSR count). The first-order valence-corrected chi connectivity index (χ1v) is 6.44. The fraction of sp³-hybridized carbons (Fsp3) is 0.385. The van der Waals surface area contributed by atoms with Gasteiger partial charge in [0, 0.05) is 5.88 Å². The predicted molar refractivity (Wildman–Crippen MR) is 69.8 cm³/mol. The first-order chi connectivity index (χ1) is 8.35. The van der Waals surface area contributed by atoms with Gasteiger partial charge < -0.3 is 0 Å². The van der Waals surface area contributed by atoms with E-state index in [2.05, 4.69) is 29.4 Å². The molecule has 90 valence electrons. The van der Waals surface area contributed by atoms with Gasteiger partial charge in [-0.15, -0.1) is 16.7 Å². The minimum atomic E-state index is 0.665. The number of halogens is 1. The lowest BCUT2D eigenvalue weighted by Gasteiger charge is -2.05. The summed E-state index contributed by atoms with van der Waals surface area (Å²) in [6.07, 6.45) is 4.81. The van der Waals surface area contributed by atoms with Gasteiger partial charge in [-0.1, -0.05) is 30.3 Å². The molecule has 0 aliphatic heterocycles. The summed E-state index contributed by atoms with van der Waals surface area (Å²) in [5.41, 5.74) is 3.39. The third kappa shape index (κ3) is 2.86. The molecule has 1 aromatic carbocycles. The topological polar surface area (TPSA) is 30.7 Å². The highest BCUT2D eigenvalue weighted by Crippen LogP contribution is 2.14. The number of alkyl halides is 1. The molecule has 0 saturated carbocycles. The van der Waals surface area contributed by atoms with Crippen LogP contribution in [0.1, 0.15) is 24.6 Å². The van der Waals surface area contributed by atoms with Gasteiger partial charge in [0.2, 0.25) is 0 Å². The molecule has 0 amide bonds. The van der Waals surface area contributed by atoms with Crippen molar-refractivity contribution in [2.75, 3.05) is 5.88 Å². The third-order valence-corrected chi connectivity index (χ3v) is 2.99. The number of para-hydroxylation sites is 1. The van der Waals surface area contributed by atoms with Crippen molar-refractivity contribution < 1.29 is 0 Å². The van der Waals surface area contributed by atoms with Crippen LogP contribution in [0.15, 0.2) is 30.5 Å². The van der Waals surface area contributed by atoms with Gasteiger partial charge in [0.05, 0.1) is 17.6 Å². The average Bonchev–Trinajstić information content (AvgIpc) is 2.85. The van der Waals surface area contributed by atoms with Crippen LogP contribution < -0.4 is 0 Å². The normalized spacial score (nSPS) is 10.7. The average molecular weight is 250 g/mol. The lowest BCUT2D eigenvalue weighted by atomic mass is 10.1. The fourth-order valence-electron chi connectivity index (χ4n) is 1.81. The van der Waals surface area contributed by atoms with Crippen LogP contribution in [0.3, 0.4) is 0 Å². The second kappa shape index (κ2) is 5.82. The molecular formula is C13H16ClN3. The highest BCUT2D eigenvalue weighted by molar-refractivity contribution is 6.17. The Morgan fingerprint density at radius 1 is 1.29 bits per heavy atom. The van der Waals surface area contributed by atoms with Crippen molar-refractivity contribution in [1.29, 1.82) is 0 Å². The van der Waals surface area contributed by atoms with Crippen molar-refractivity contribution in [3.05, 3.63) is 41.7 Å². The largest absolute Gasteiger partial charge is 0.220 e. The van der Waals surface area contributed by atoms with Gasteiger partial charge in [0.1, 0.15) is 0 Å². The number of rotatable bonds is 5. The number of aromatic nitrogens is 3. The highest BCUT2D eigenvalue weighted by Gasteiger charge is 2.05. The van der Waals surface area contributed by atoms with Crippen molar-refractivity contribution in [3.63, 3.8) is 0 Å². The van der Waals surface area contributed by atoms with Crippen LogP contribution in [0.25, 0.3) is 5.69 Å². The molecule has 0 fully saturated rings. The summed E-state index contributed by atoms with van der Waals surface area (Å²) < 4.78 is 1.85. The van der Waals surface area contributed by atoms with E-state index >= 15 is 0 Å². The molecule has 0 unspecified atom stereocenters. The Bertz CT molecular complexity index is 479. The molecule has 1 aromatic heterocycles. The predicted octanol–water partition coefficient (Wildman–Crippen LogP) is 3.00. The van der Waals surface area contributed by atoms with E-state index in [1.807, 2.05) is 23.0 Å². The summed E-state index contributed by atoms with van der Waals surface area (Å²) in [6, 6.07) is 8.26. The number of nitrogens with zero attached hydrogens (tertiary/aromatic N) is 3. The second-order valence-electron chi connectivity index (χ2n) is 3.93. The Morgan fingerprint density at radius 3 is 2.88 bits per heavy atom. The van der Waals surface area contributed by atoms with E-state index in [9.17, 15) is 0 Å². The maximum Gasteiger partial charge on any atom is 0.0832 e. The summed E-state index contributed by atoms with van der Waals surface area (Å²) in [7, 11) is 0. The summed E-state index contributed by atoms with van der Waals surface area (Å²) in [6.45, 7) is 2.14. The molecule has 1 heterocycles. The Hall–Kier alpha value is -1.35. The van der Waals surface area contributed by atoms with E-state index in [1.54, 1.807) is 0 Å². The van der Waals surface area contributed by atoms with Gasteiger partial charge >= 0.3 is 0 Å². The molecule has 17 heavy (non-hydrogen) atoms. The zero-order chi connectivity index (χ0) is 12.1. The van der Waals surface area contributed by atoms with Crippen molar-refractivity contribution in [2.45, 2.75) is 26.2 Å². The maximum atomic E-state index is 5.67. The molecule has 0 bridgehead atoms. The van der Waals surface area contributed by atoms with Crippen molar-refractivity contribution in [2.24, 2.45) is 0 Å². The number of aryl methyl sites for hydroxylation is 2. The third-order valence-electron chi connectivity index (χ3n) is 2.73. The van der Waals surface area contributed by atoms with Crippen molar-refractivity contribution >= 4 is 11.6 Å². The molecular weight excluding hydrogens is 234 g/mol. The number of benzene rings is 1. The van der Waals surface area contributed by atoms with E-state index < -0.39 is 0 Å². The van der Waals surface area contributed by atoms with E-state index in [-0.39, 0.29) is 0 Å². The van der Waals surface area contributed by atoms with Gasteiger partial charge in [0.25, 0.3) is 0 Å². The van der Waals surface area contributed by atoms with E-state index in [0.29, 0.717) is 5.88 Å². The van der Waals surface area contributed by atoms with Gasteiger partial charge in [-0.25, -0.2) is 4.68 Å². The molecule has 4 heteroatoms. The zero-order valence-electron chi connectivity index (χ0n) is 9.93. The maximum absolute atomic E-state index is 5.67. The lowest BCUT2D eigenvalue weighted by Crippen LogP contribution is -1.99. The molecule has 0 spiro atoms. The van der Waals surface area contributed by atoms with Crippen LogP contribution in [-0.4, -0.2) is 20.9 Å². The Kier molecular flexibility index (Phi) is 4.15. The van der Waals surface area contributed by atoms with Gasteiger partial charge in [-0.2, -0.15) is 0 Å². The molecule has 0 radical (unpaired) electrons. The SMILES string of the molecule is CCc1ccccc1-n1cc(CCCCl)nn1. The first-order valence-electron chi connectivity index (χ1n) is 5.90. The fourth-order valence-corrected chi connectivity index (χ4v) is 1.95. The van der Waals surface area contributed by atoms with Crippen LogP contribution in [-0.2, 0) is 12.8 Å². The molecule has 3 nitrogen and oxygen atoms in total. The molecule has 2 aromatic rings. The molecule has 0 aliphatic carbocycles. The Labute approximate surface area is 106 Å². The van der Waals surface area contributed by atoms with Gasteiger partial charge in [-0.3, -0.25) is 0 Å².